The summed E-state index contributed by atoms with van der Waals surface area (Å²) >= 11 is 0. The van der Waals surface area contributed by atoms with Crippen molar-refractivity contribution in [2.45, 2.75) is 25.2 Å². The standard InChI is InChI=1S/C26H21NO3/c28-25-21-12-10-17(16-6-2-1-3-7-16)14-22(21)26(29)27(25)18-11-13-20-19-8-4-5-9-23(19)30-24(20)15-18/h1-9,11,13,15,17,21-22H,10,12,14H2/t17-,21+,22-/m0/s1. The molecule has 2 aliphatic rings. The molecule has 4 aromatic rings. The van der Waals surface area contributed by atoms with E-state index in [-0.39, 0.29) is 23.7 Å². The van der Waals surface area contributed by atoms with E-state index in [0.717, 1.165) is 35.6 Å². The molecule has 1 aliphatic carbocycles. The first-order chi connectivity index (χ1) is 14.7. The summed E-state index contributed by atoms with van der Waals surface area (Å²) in [6.07, 6.45) is 2.45. The molecule has 3 aromatic carbocycles. The molecular formula is C26H21NO3. The smallest absolute Gasteiger partial charge is 0.237 e. The van der Waals surface area contributed by atoms with Crippen molar-refractivity contribution < 1.29 is 14.0 Å². The Bertz CT molecular complexity index is 1290. The van der Waals surface area contributed by atoms with Gasteiger partial charge in [-0.1, -0.05) is 48.5 Å². The maximum absolute atomic E-state index is 13.3. The second-order valence-corrected chi connectivity index (χ2v) is 8.42. The van der Waals surface area contributed by atoms with Crippen molar-refractivity contribution in [3.63, 3.8) is 0 Å². The molecule has 30 heavy (non-hydrogen) atoms. The van der Waals surface area contributed by atoms with Crippen molar-refractivity contribution in [1.29, 1.82) is 0 Å². The van der Waals surface area contributed by atoms with Gasteiger partial charge in [-0.05, 0) is 48.9 Å². The second kappa shape index (κ2) is 6.56. The van der Waals surface area contributed by atoms with Gasteiger partial charge in [-0.2, -0.15) is 0 Å². The van der Waals surface area contributed by atoms with Gasteiger partial charge in [0.25, 0.3) is 0 Å². The molecule has 6 rings (SSSR count). The molecule has 2 amide bonds. The summed E-state index contributed by atoms with van der Waals surface area (Å²) in [4.78, 5) is 27.9. The summed E-state index contributed by atoms with van der Waals surface area (Å²) in [5.74, 6) is -0.235. The number of anilines is 1. The van der Waals surface area contributed by atoms with Gasteiger partial charge in [0.1, 0.15) is 11.2 Å². The molecule has 0 bridgehead atoms. The van der Waals surface area contributed by atoms with Crippen molar-refractivity contribution in [1.82, 2.24) is 0 Å². The van der Waals surface area contributed by atoms with E-state index in [2.05, 4.69) is 12.1 Å². The number of imide groups is 1. The minimum atomic E-state index is -0.233. The third-order valence-corrected chi connectivity index (χ3v) is 6.82. The molecule has 3 atom stereocenters. The van der Waals surface area contributed by atoms with Crippen LogP contribution in [0.15, 0.2) is 77.2 Å². The third-order valence-electron chi connectivity index (χ3n) is 6.82. The van der Waals surface area contributed by atoms with Crippen LogP contribution in [0.2, 0.25) is 0 Å². The fourth-order valence-electron chi connectivity index (χ4n) is 5.32. The fourth-order valence-corrected chi connectivity index (χ4v) is 5.32. The van der Waals surface area contributed by atoms with Gasteiger partial charge in [-0.3, -0.25) is 9.59 Å². The molecule has 1 aromatic heterocycles. The van der Waals surface area contributed by atoms with E-state index in [1.54, 1.807) is 0 Å². The average molecular weight is 395 g/mol. The summed E-state index contributed by atoms with van der Waals surface area (Å²) in [6.45, 7) is 0. The topological polar surface area (TPSA) is 50.5 Å². The lowest BCUT2D eigenvalue weighted by Gasteiger charge is -2.28. The second-order valence-electron chi connectivity index (χ2n) is 8.42. The number of para-hydroxylation sites is 1. The van der Waals surface area contributed by atoms with Gasteiger partial charge in [0.15, 0.2) is 0 Å². The third kappa shape index (κ3) is 2.53. The number of benzene rings is 3. The lowest BCUT2D eigenvalue weighted by molar-refractivity contribution is -0.122. The number of hydrogen-bond acceptors (Lipinski definition) is 3. The van der Waals surface area contributed by atoms with Gasteiger partial charge in [0.05, 0.1) is 17.5 Å². The Morgan fingerprint density at radius 2 is 1.47 bits per heavy atom. The highest BCUT2D eigenvalue weighted by atomic mass is 16.3. The maximum atomic E-state index is 13.3. The molecule has 148 valence electrons. The zero-order valence-corrected chi connectivity index (χ0v) is 16.5. The van der Waals surface area contributed by atoms with Gasteiger partial charge >= 0.3 is 0 Å². The first kappa shape index (κ1) is 17.5. The molecule has 0 radical (unpaired) electrons. The number of furan rings is 1. The summed E-state index contributed by atoms with van der Waals surface area (Å²) in [7, 11) is 0. The number of amides is 2. The van der Waals surface area contributed by atoms with Crippen LogP contribution in [0.1, 0.15) is 30.7 Å². The van der Waals surface area contributed by atoms with Crippen LogP contribution < -0.4 is 4.90 Å². The first-order valence-electron chi connectivity index (χ1n) is 10.5. The van der Waals surface area contributed by atoms with Gasteiger partial charge in [0.2, 0.25) is 11.8 Å². The van der Waals surface area contributed by atoms with Crippen LogP contribution in [-0.4, -0.2) is 11.8 Å². The highest BCUT2D eigenvalue weighted by Gasteiger charge is 2.50. The number of carbonyl (C=O) groups is 2. The monoisotopic (exact) mass is 395 g/mol. The Kier molecular flexibility index (Phi) is 3.82. The number of fused-ring (bicyclic) bond motifs is 4. The molecule has 1 saturated heterocycles. The first-order valence-corrected chi connectivity index (χ1v) is 10.5. The van der Waals surface area contributed by atoms with Crippen LogP contribution in [0.3, 0.4) is 0 Å². The maximum Gasteiger partial charge on any atom is 0.237 e. The molecule has 0 unspecified atom stereocenters. The zero-order valence-electron chi connectivity index (χ0n) is 16.5. The van der Waals surface area contributed by atoms with Crippen LogP contribution in [0.5, 0.6) is 0 Å². The number of rotatable bonds is 2. The Labute approximate surface area is 174 Å². The predicted molar refractivity (Wildman–Crippen MR) is 116 cm³/mol. The van der Waals surface area contributed by atoms with E-state index in [0.29, 0.717) is 17.2 Å². The van der Waals surface area contributed by atoms with Crippen LogP contribution >= 0.6 is 0 Å². The Balaban J connectivity index is 1.34. The number of nitrogens with zero attached hydrogens (tertiary/aromatic N) is 1. The van der Waals surface area contributed by atoms with Crippen LogP contribution in [0.4, 0.5) is 5.69 Å². The van der Waals surface area contributed by atoms with Gasteiger partial charge in [-0.15, -0.1) is 0 Å². The van der Waals surface area contributed by atoms with E-state index in [4.69, 9.17) is 4.42 Å². The van der Waals surface area contributed by atoms with Crippen molar-refractivity contribution in [3.8, 4) is 0 Å². The predicted octanol–water partition coefficient (Wildman–Crippen LogP) is 5.66. The normalized spacial score (nSPS) is 24.0. The zero-order chi connectivity index (χ0) is 20.2. The van der Waals surface area contributed by atoms with E-state index in [9.17, 15) is 9.59 Å². The molecule has 1 aliphatic heterocycles. The summed E-state index contributed by atoms with van der Waals surface area (Å²) < 4.78 is 5.97. The highest BCUT2D eigenvalue weighted by molar-refractivity contribution is 6.22. The van der Waals surface area contributed by atoms with E-state index < -0.39 is 0 Å². The number of hydrogen-bond donors (Lipinski definition) is 0. The van der Waals surface area contributed by atoms with Crippen LogP contribution in [0, 0.1) is 11.8 Å². The highest BCUT2D eigenvalue weighted by Crippen LogP contribution is 2.46. The number of carbonyl (C=O) groups excluding carboxylic acids is 2. The van der Waals surface area contributed by atoms with Crippen molar-refractivity contribution in [2.75, 3.05) is 4.90 Å². The van der Waals surface area contributed by atoms with Crippen molar-refractivity contribution in [2.24, 2.45) is 11.8 Å². The van der Waals surface area contributed by atoms with Crippen LogP contribution in [0.25, 0.3) is 21.9 Å². The Hall–Kier alpha value is -3.40. The summed E-state index contributed by atoms with van der Waals surface area (Å²) in [5, 5.41) is 2.03. The Morgan fingerprint density at radius 1 is 0.733 bits per heavy atom. The molecule has 2 heterocycles. The molecule has 0 spiro atoms. The molecule has 4 nitrogen and oxygen atoms in total. The van der Waals surface area contributed by atoms with E-state index >= 15 is 0 Å². The lowest BCUT2D eigenvalue weighted by atomic mass is 9.73. The molecule has 1 saturated carbocycles. The fraction of sp³-hybridized carbons (Fsp3) is 0.231. The minimum Gasteiger partial charge on any atom is -0.456 e. The van der Waals surface area contributed by atoms with Crippen molar-refractivity contribution >= 4 is 39.4 Å². The Morgan fingerprint density at radius 3 is 2.33 bits per heavy atom. The molecular weight excluding hydrogens is 374 g/mol. The largest absolute Gasteiger partial charge is 0.456 e. The van der Waals surface area contributed by atoms with Crippen LogP contribution in [-0.2, 0) is 9.59 Å². The van der Waals surface area contributed by atoms with Crippen molar-refractivity contribution in [3.05, 3.63) is 78.4 Å². The molecule has 0 N–H and O–H groups in total. The van der Waals surface area contributed by atoms with Gasteiger partial charge in [-0.25, -0.2) is 4.90 Å². The minimum absolute atomic E-state index is 0.0630. The van der Waals surface area contributed by atoms with Gasteiger partial charge in [0, 0.05) is 16.8 Å². The van der Waals surface area contributed by atoms with E-state index in [1.165, 1.54) is 10.5 Å². The van der Waals surface area contributed by atoms with Gasteiger partial charge < -0.3 is 4.42 Å². The average Bonchev–Trinajstić information content (AvgIpc) is 3.28. The lowest BCUT2D eigenvalue weighted by Crippen LogP contribution is -2.30. The molecule has 4 heteroatoms. The quantitative estimate of drug-likeness (QED) is 0.412. The summed E-state index contributed by atoms with van der Waals surface area (Å²) in [5.41, 5.74) is 3.38. The summed E-state index contributed by atoms with van der Waals surface area (Å²) in [6, 6.07) is 23.9. The van der Waals surface area contributed by atoms with E-state index in [1.807, 2.05) is 60.7 Å². The SMILES string of the molecule is O=C1[C@H]2C[C@@H](c3ccccc3)CC[C@H]2C(=O)N1c1ccc2c(c1)oc1ccccc12. The molecule has 2 fully saturated rings.